The van der Waals surface area contributed by atoms with E-state index in [1.165, 1.54) is 16.2 Å². The number of urea groups is 1. The van der Waals surface area contributed by atoms with Crippen LogP contribution in [0.4, 0.5) is 9.93 Å². The molecule has 2 aromatic rings. The van der Waals surface area contributed by atoms with E-state index in [-0.39, 0.29) is 0 Å². The Hall–Kier alpha value is -1.27. The number of hydrogen-bond donors (Lipinski definition) is 2. The molecule has 0 aliphatic heterocycles. The van der Waals surface area contributed by atoms with E-state index in [1.54, 1.807) is 11.8 Å². The molecular weight excluding hydrogens is 230 g/mol. The van der Waals surface area contributed by atoms with Crippen molar-refractivity contribution >= 4 is 44.5 Å². The van der Waals surface area contributed by atoms with E-state index in [0.717, 1.165) is 10.2 Å². The van der Waals surface area contributed by atoms with Crippen LogP contribution in [0.25, 0.3) is 10.2 Å². The number of carbonyl (C=O) groups excluding carboxylic acids is 1. The monoisotopic (exact) mass is 239 g/mol. The molecule has 4 nitrogen and oxygen atoms in total. The molecule has 0 saturated heterocycles. The Balaban J connectivity index is 2.42. The van der Waals surface area contributed by atoms with E-state index in [9.17, 15) is 4.79 Å². The average Bonchev–Trinajstić information content (AvgIpc) is 2.57. The highest BCUT2D eigenvalue weighted by atomic mass is 32.2. The van der Waals surface area contributed by atoms with Gasteiger partial charge in [-0.3, -0.25) is 5.32 Å². The minimum absolute atomic E-state index is 0.538. The van der Waals surface area contributed by atoms with E-state index in [2.05, 4.69) is 10.3 Å². The van der Waals surface area contributed by atoms with Gasteiger partial charge in [-0.2, -0.15) is 0 Å². The number of anilines is 1. The van der Waals surface area contributed by atoms with Crippen LogP contribution in [-0.2, 0) is 0 Å². The molecule has 0 spiro atoms. The van der Waals surface area contributed by atoms with Crippen LogP contribution < -0.4 is 11.1 Å². The molecule has 1 heterocycles. The van der Waals surface area contributed by atoms with Gasteiger partial charge in [-0.25, -0.2) is 9.78 Å². The minimum Gasteiger partial charge on any atom is -0.351 e. The first kappa shape index (κ1) is 10.3. The van der Waals surface area contributed by atoms with Crippen LogP contribution in [0.15, 0.2) is 23.1 Å². The molecule has 15 heavy (non-hydrogen) atoms. The maximum atomic E-state index is 10.6. The number of hydrogen-bond acceptors (Lipinski definition) is 4. The Morgan fingerprint density at radius 3 is 3.07 bits per heavy atom. The predicted octanol–water partition coefficient (Wildman–Crippen LogP) is 2.51. The summed E-state index contributed by atoms with van der Waals surface area (Å²) in [7, 11) is 0. The zero-order valence-corrected chi connectivity index (χ0v) is 9.61. The molecule has 1 aromatic heterocycles. The summed E-state index contributed by atoms with van der Waals surface area (Å²) in [6, 6.07) is 5.40. The van der Waals surface area contributed by atoms with Crippen molar-refractivity contribution in [1.29, 1.82) is 0 Å². The van der Waals surface area contributed by atoms with Crippen LogP contribution in [0.1, 0.15) is 0 Å². The molecule has 6 heteroatoms. The summed E-state index contributed by atoms with van der Waals surface area (Å²) in [5.41, 5.74) is 5.89. The van der Waals surface area contributed by atoms with Gasteiger partial charge < -0.3 is 5.73 Å². The van der Waals surface area contributed by atoms with E-state index in [4.69, 9.17) is 5.73 Å². The summed E-state index contributed by atoms with van der Waals surface area (Å²) < 4.78 is 1.05. The number of primary amides is 1. The zero-order valence-electron chi connectivity index (χ0n) is 7.98. The number of fused-ring (bicyclic) bond motifs is 1. The lowest BCUT2D eigenvalue weighted by molar-refractivity contribution is 0.259. The lowest BCUT2D eigenvalue weighted by Gasteiger charge is -1.92. The number of thioether (sulfide) groups is 1. The van der Waals surface area contributed by atoms with Crippen molar-refractivity contribution in [2.45, 2.75) is 4.90 Å². The Morgan fingerprint density at radius 2 is 2.40 bits per heavy atom. The molecular formula is C9H9N3OS2. The van der Waals surface area contributed by atoms with Crippen LogP contribution in [0.2, 0.25) is 0 Å². The first-order chi connectivity index (χ1) is 7.19. The third-order valence-electron chi connectivity index (χ3n) is 1.83. The van der Waals surface area contributed by atoms with Gasteiger partial charge in [-0.15, -0.1) is 11.8 Å². The Morgan fingerprint density at radius 1 is 1.60 bits per heavy atom. The molecule has 0 saturated carbocycles. The molecule has 1 aromatic carbocycles. The van der Waals surface area contributed by atoms with Gasteiger partial charge in [0, 0.05) is 4.90 Å². The smallest absolute Gasteiger partial charge is 0.318 e. The Kier molecular flexibility index (Phi) is 2.79. The molecule has 2 amide bonds. The van der Waals surface area contributed by atoms with Gasteiger partial charge in [-0.05, 0) is 24.5 Å². The lowest BCUT2D eigenvalue weighted by atomic mass is 10.3. The van der Waals surface area contributed by atoms with Gasteiger partial charge in [0.25, 0.3) is 0 Å². The number of amides is 2. The molecule has 2 rings (SSSR count). The normalized spacial score (nSPS) is 10.5. The van der Waals surface area contributed by atoms with Gasteiger partial charge in [0.05, 0.1) is 10.2 Å². The van der Waals surface area contributed by atoms with Crippen molar-refractivity contribution in [2.75, 3.05) is 11.6 Å². The van der Waals surface area contributed by atoms with E-state index >= 15 is 0 Å². The van der Waals surface area contributed by atoms with Gasteiger partial charge in [-0.1, -0.05) is 11.3 Å². The third-order valence-corrected chi connectivity index (χ3v) is 3.48. The Labute approximate surface area is 94.9 Å². The van der Waals surface area contributed by atoms with Gasteiger partial charge in [0.1, 0.15) is 0 Å². The van der Waals surface area contributed by atoms with E-state index in [1.807, 2.05) is 24.5 Å². The minimum atomic E-state index is -0.584. The predicted molar refractivity (Wildman–Crippen MR) is 64.6 cm³/mol. The lowest BCUT2D eigenvalue weighted by Crippen LogP contribution is -2.18. The maximum Gasteiger partial charge on any atom is 0.318 e. The second-order valence-electron chi connectivity index (χ2n) is 2.84. The van der Waals surface area contributed by atoms with Crippen molar-refractivity contribution < 1.29 is 4.79 Å². The molecule has 0 fully saturated rings. The first-order valence-corrected chi connectivity index (χ1v) is 6.24. The van der Waals surface area contributed by atoms with Gasteiger partial charge in [0.2, 0.25) is 0 Å². The molecule has 0 bridgehead atoms. The number of benzene rings is 1. The number of carbonyl (C=O) groups is 1. The fraction of sp³-hybridized carbons (Fsp3) is 0.111. The maximum absolute atomic E-state index is 10.6. The summed E-state index contributed by atoms with van der Waals surface area (Å²) in [5, 5.41) is 3.01. The van der Waals surface area contributed by atoms with Crippen LogP contribution >= 0.6 is 23.1 Å². The molecule has 3 N–H and O–H groups in total. The fourth-order valence-electron chi connectivity index (χ4n) is 1.19. The fourth-order valence-corrected chi connectivity index (χ4v) is 2.61. The number of nitrogens with one attached hydrogen (secondary N) is 1. The number of nitrogens with two attached hydrogens (primary N) is 1. The SMILES string of the molecule is CSc1ccc2nc(NC(N)=O)sc2c1. The largest absolute Gasteiger partial charge is 0.351 e. The van der Waals surface area contributed by atoms with Crippen LogP contribution in [-0.4, -0.2) is 17.3 Å². The summed E-state index contributed by atoms with van der Waals surface area (Å²) in [4.78, 5) is 16.0. The summed E-state index contributed by atoms with van der Waals surface area (Å²) in [6.45, 7) is 0. The molecule has 78 valence electrons. The number of thiazole rings is 1. The zero-order chi connectivity index (χ0) is 10.8. The standard InChI is InChI=1S/C9H9N3OS2/c1-14-5-2-3-6-7(4-5)15-9(11-6)12-8(10)13/h2-4H,1H3,(H3,10,11,12,13). The number of nitrogens with zero attached hydrogens (tertiary/aromatic N) is 1. The average molecular weight is 239 g/mol. The number of rotatable bonds is 2. The number of aromatic nitrogens is 1. The highest BCUT2D eigenvalue weighted by Crippen LogP contribution is 2.29. The van der Waals surface area contributed by atoms with Gasteiger partial charge >= 0.3 is 6.03 Å². The first-order valence-electron chi connectivity index (χ1n) is 4.20. The summed E-state index contributed by atoms with van der Waals surface area (Å²) in [6.07, 6.45) is 2.02. The molecule has 0 unspecified atom stereocenters. The van der Waals surface area contributed by atoms with Crippen molar-refractivity contribution in [2.24, 2.45) is 5.73 Å². The van der Waals surface area contributed by atoms with Gasteiger partial charge in [0.15, 0.2) is 5.13 Å². The van der Waals surface area contributed by atoms with Crippen LogP contribution in [0.5, 0.6) is 0 Å². The second-order valence-corrected chi connectivity index (χ2v) is 4.75. The van der Waals surface area contributed by atoms with Crippen molar-refractivity contribution in [3.8, 4) is 0 Å². The van der Waals surface area contributed by atoms with Crippen molar-refractivity contribution in [3.05, 3.63) is 18.2 Å². The molecule has 0 radical (unpaired) electrons. The third kappa shape index (κ3) is 2.21. The topological polar surface area (TPSA) is 68.0 Å². The summed E-state index contributed by atoms with van der Waals surface area (Å²) >= 11 is 3.09. The molecule has 0 atom stereocenters. The highest BCUT2D eigenvalue weighted by Gasteiger charge is 2.05. The van der Waals surface area contributed by atoms with E-state index < -0.39 is 6.03 Å². The van der Waals surface area contributed by atoms with Crippen LogP contribution in [0, 0.1) is 0 Å². The van der Waals surface area contributed by atoms with E-state index in [0.29, 0.717) is 5.13 Å². The molecule has 0 aliphatic carbocycles. The summed E-state index contributed by atoms with van der Waals surface area (Å²) in [5.74, 6) is 0. The molecule has 0 aliphatic rings. The Bertz CT molecular complexity index is 509. The second kappa shape index (κ2) is 4.08. The van der Waals surface area contributed by atoms with Crippen molar-refractivity contribution in [1.82, 2.24) is 4.98 Å². The van der Waals surface area contributed by atoms with Crippen LogP contribution in [0.3, 0.4) is 0 Å². The quantitative estimate of drug-likeness (QED) is 0.791. The van der Waals surface area contributed by atoms with Crippen molar-refractivity contribution in [3.63, 3.8) is 0 Å². The highest BCUT2D eigenvalue weighted by molar-refractivity contribution is 7.98.